The summed E-state index contributed by atoms with van der Waals surface area (Å²) >= 11 is 0. The number of allylic oxidation sites excluding steroid dienone is 4. The molecule has 374 valence electrons. The van der Waals surface area contributed by atoms with Crippen molar-refractivity contribution in [2.24, 2.45) is 0 Å². The van der Waals surface area contributed by atoms with E-state index in [1.165, 1.54) is 89.9 Å². The molecule has 0 spiro atoms. The Morgan fingerprint density at radius 3 is 1.44 bits per heavy atom. The summed E-state index contributed by atoms with van der Waals surface area (Å²) in [6.07, 6.45) is 19.2. The second-order valence-corrected chi connectivity index (χ2v) is 17.6. The second kappa shape index (κ2) is 37.0. The Balaban J connectivity index is 1.83. The predicted molar refractivity (Wildman–Crippen MR) is 243 cm³/mol. The number of hydrogen-bond donors (Lipinski definition) is 7. The number of hydrogen-bond acceptors (Lipinski definition) is 15. The highest BCUT2D eigenvalue weighted by Crippen LogP contribution is 2.26. The van der Waals surface area contributed by atoms with E-state index in [4.69, 9.17) is 28.4 Å². The third-order valence-corrected chi connectivity index (χ3v) is 11.9. The first-order chi connectivity index (χ1) is 31.0. The molecule has 0 radical (unpaired) electrons. The summed E-state index contributed by atoms with van der Waals surface area (Å²) in [5, 5.41) is 72.0. The van der Waals surface area contributed by atoms with Gasteiger partial charge in [-0.2, -0.15) is 0 Å². The number of ether oxygens (including phenoxy) is 6. The summed E-state index contributed by atoms with van der Waals surface area (Å²) in [6.45, 7) is 2.53. The van der Waals surface area contributed by atoms with Gasteiger partial charge in [-0.25, -0.2) is 0 Å². The third kappa shape index (κ3) is 25.2. The number of rotatable bonds is 38. The van der Waals surface area contributed by atoms with Gasteiger partial charge in [-0.05, 0) is 57.8 Å². The largest absolute Gasteiger partial charge is 0.462 e. The molecule has 11 atom stereocenters. The lowest BCUT2D eigenvalue weighted by Crippen LogP contribution is -2.61. The second-order valence-electron chi connectivity index (χ2n) is 17.6. The molecule has 4 unspecified atom stereocenters. The van der Waals surface area contributed by atoms with Gasteiger partial charge in [0.05, 0.1) is 19.8 Å². The molecule has 0 bridgehead atoms. The van der Waals surface area contributed by atoms with Crippen LogP contribution in [0.25, 0.3) is 0 Å². The molecule has 0 aromatic carbocycles. The van der Waals surface area contributed by atoms with Gasteiger partial charge < -0.3 is 64.2 Å². The highest BCUT2D eigenvalue weighted by atomic mass is 16.7. The zero-order chi connectivity index (χ0) is 46.8. The van der Waals surface area contributed by atoms with Gasteiger partial charge in [-0.15, -0.1) is 0 Å². The number of carbonyl (C=O) groups excluding carboxylic acids is 2. The minimum absolute atomic E-state index is 0.146. The number of unbranched alkanes of at least 4 members (excludes halogenated alkanes) is 20. The SMILES string of the molecule is CCCC/C=C/CCCCCCCCCCCC(=O)OC[C@H](CO[C@@H]1O[C@H](CO[C@@H]2O[C@H](CO)[C@H](O)C(O)C2O)[C@H](O)C(O)C1O)OC(=O)CCCCC/C=C/CCCCCCCC. The van der Waals surface area contributed by atoms with E-state index in [9.17, 15) is 45.3 Å². The third-order valence-electron chi connectivity index (χ3n) is 11.9. The number of aliphatic hydroxyl groups excluding tert-OH is 7. The maximum atomic E-state index is 13.0. The van der Waals surface area contributed by atoms with Gasteiger partial charge >= 0.3 is 11.9 Å². The van der Waals surface area contributed by atoms with Crippen LogP contribution >= 0.6 is 0 Å². The van der Waals surface area contributed by atoms with Crippen molar-refractivity contribution in [1.29, 1.82) is 0 Å². The minimum atomic E-state index is -1.76. The van der Waals surface area contributed by atoms with Crippen LogP contribution in [0.1, 0.15) is 181 Å². The molecule has 15 heteroatoms. The Kier molecular flexibility index (Phi) is 33.6. The summed E-state index contributed by atoms with van der Waals surface area (Å²) in [6, 6.07) is 0. The Bertz CT molecular complexity index is 1220. The van der Waals surface area contributed by atoms with Crippen LogP contribution in [0.2, 0.25) is 0 Å². The van der Waals surface area contributed by atoms with Crippen LogP contribution in [-0.2, 0) is 38.0 Å². The normalized spacial score (nSPS) is 26.8. The Morgan fingerprint density at radius 1 is 0.484 bits per heavy atom. The molecule has 0 saturated carbocycles. The van der Waals surface area contributed by atoms with Crippen LogP contribution in [0.3, 0.4) is 0 Å². The zero-order valence-electron chi connectivity index (χ0n) is 39.3. The van der Waals surface area contributed by atoms with Gasteiger partial charge in [0, 0.05) is 12.8 Å². The van der Waals surface area contributed by atoms with E-state index in [-0.39, 0.29) is 26.1 Å². The van der Waals surface area contributed by atoms with Gasteiger partial charge in [0.25, 0.3) is 0 Å². The highest BCUT2D eigenvalue weighted by Gasteiger charge is 2.47. The van der Waals surface area contributed by atoms with E-state index < -0.39 is 92.7 Å². The van der Waals surface area contributed by atoms with E-state index in [1.54, 1.807) is 0 Å². The fraction of sp³-hybridized carbons (Fsp3) is 0.878. The van der Waals surface area contributed by atoms with Gasteiger partial charge in [0.15, 0.2) is 18.7 Å². The minimum Gasteiger partial charge on any atom is -0.462 e. The van der Waals surface area contributed by atoms with Crippen molar-refractivity contribution in [2.45, 2.75) is 248 Å². The zero-order valence-corrected chi connectivity index (χ0v) is 39.3. The van der Waals surface area contributed by atoms with Crippen LogP contribution in [0.4, 0.5) is 0 Å². The summed E-state index contributed by atoms with van der Waals surface area (Å²) in [7, 11) is 0. The Morgan fingerprint density at radius 2 is 0.906 bits per heavy atom. The standard InChI is InChI=1S/C49H88O15/c1-3-5-7-9-11-13-15-17-18-20-21-23-25-27-29-31-40(51)59-34-37(62-41(52)32-30-28-26-24-22-19-16-14-12-10-8-6-4-2)35-60-48-47(58)45(56)43(54)39(64-48)36-61-49-46(57)44(55)42(53)38(33-50)63-49/h9,11,19,22,37-39,42-50,53-58H,3-8,10,12-18,20-21,23-36H2,1-2H3/b11-9+,22-19+/t37-,38-,39-,42+,43+,44?,45?,46?,47?,48-,49-/m1/s1. The molecule has 2 heterocycles. The van der Waals surface area contributed by atoms with Gasteiger partial charge in [0.2, 0.25) is 0 Å². The van der Waals surface area contributed by atoms with Crippen molar-refractivity contribution in [3.63, 3.8) is 0 Å². The topological polar surface area (TPSA) is 231 Å². The molecule has 7 N–H and O–H groups in total. The molecule has 2 aliphatic heterocycles. The summed E-state index contributed by atoms with van der Waals surface area (Å²) in [4.78, 5) is 25.7. The fourth-order valence-corrected chi connectivity index (χ4v) is 7.72. The van der Waals surface area contributed by atoms with E-state index in [2.05, 4.69) is 38.2 Å². The maximum absolute atomic E-state index is 13.0. The van der Waals surface area contributed by atoms with Crippen LogP contribution in [0.5, 0.6) is 0 Å². The summed E-state index contributed by atoms with van der Waals surface area (Å²) in [5.41, 5.74) is 0. The van der Waals surface area contributed by atoms with E-state index in [1.807, 2.05) is 0 Å². The van der Waals surface area contributed by atoms with Crippen molar-refractivity contribution >= 4 is 11.9 Å². The van der Waals surface area contributed by atoms with Crippen molar-refractivity contribution in [2.75, 3.05) is 26.4 Å². The lowest BCUT2D eigenvalue weighted by atomic mass is 9.98. The van der Waals surface area contributed by atoms with E-state index in [0.29, 0.717) is 12.8 Å². The highest BCUT2D eigenvalue weighted by molar-refractivity contribution is 5.70. The molecule has 2 aliphatic rings. The lowest BCUT2D eigenvalue weighted by Gasteiger charge is -2.42. The van der Waals surface area contributed by atoms with Crippen LogP contribution in [-0.4, -0.2) is 142 Å². The summed E-state index contributed by atoms with van der Waals surface area (Å²) in [5.74, 6) is -0.943. The van der Waals surface area contributed by atoms with Crippen LogP contribution in [0.15, 0.2) is 24.3 Å². The quantitative estimate of drug-likeness (QED) is 0.0203. The number of aliphatic hydroxyl groups is 7. The molecule has 0 aromatic rings. The number of carbonyl (C=O) groups is 2. The molecule has 0 aliphatic carbocycles. The van der Waals surface area contributed by atoms with Crippen molar-refractivity contribution in [3.8, 4) is 0 Å². The van der Waals surface area contributed by atoms with Crippen LogP contribution in [0, 0.1) is 0 Å². The molecular formula is C49H88O15. The molecule has 64 heavy (non-hydrogen) atoms. The average Bonchev–Trinajstić information content (AvgIpc) is 3.29. The molecule has 0 amide bonds. The van der Waals surface area contributed by atoms with Gasteiger partial charge in [0.1, 0.15) is 55.4 Å². The van der Waals surface area contributed by atoms with Crippen molar-refractivity contribution in [1.82, 2.24) is 0 Å². The smallest absolute Gasteiger partial charge is 0.306 e. The van der Waals surface area contributed by atoms with Crippen molar-refractivity contribution < 1.29 is 73.8 Å². The molecule has 15 nitrogen and oxygen atoms in total. The van der Waals surface area contributed by atoms with Gasteiger partial charge in [-0.3, -0.25) is 9.59 Å². The Hall–Kier alpha value is -2.02. The summed E-state index contributed by atoms with van der Waals surface area (Å²) < 4.78 is 33.5. The first kappa shape index (κ1) is 58.1. The Labute approximate surface area is 383 Å². The first-order valence-electron chi connectivity index (χ1n) is 24.9. The van der Waals surface area contributed by atoms with Gasteiger partial charge in [-0.1, -0.05) is 134 Å². The average molecular weight is 917 g/mol. The maximum Gasteiger partial charge on any atom is 0.306 e. The van der Waals surface area contributed by atoms with Crippen LogP contribution < -0.4 is 0 Å². The van der Waals surface area contributed by atoms with E-state index >= 15 is 0 Å². The monoisotopic (exact) mass is 917 g/mol. The first-order valence-corrected chi connectivity index (χ1v) is 24.9. The lowest BCUT2D eigenvalue weighted by molar-refractivity contribution is -0.332. The molecule has 2 rings (SSSR count). The number of esters is 2. The molecule has 2 saturated heterocycles. The fourth-order valence-electron chi connectivity index (χ4n) is 7.72. The predicted octanol–water partition coefficient (Wildman–Crippen LogP) is 6.38. The molecule has 2 fully saturated rings. The molecular weight excluding hydrogens is 829 g/mol. The molecule has 0 aromatic heterocycles. The van der Waals surface area contributed by atoms with Crippen molar-refractivity contribution in [3.05, 3.63) is 24.3 Å². The van der Waals surface area contributed by atoms with E-state index in [0.717, 1.165) is 51.4 Å².